The highest BCUT2D eigenvalue weighted by molar-refractivity contribution is 7.09. The number of hydrogen-bond acceptors (Lipinski definition) is 6. The summed E-state index contributed by atoms with van der Waals surface area (Å²) in [5.74, 6) is 0.763. The predicted octanol–water partition coefficient (Wildman–Crippen LogP) is 2.37. The molecule has 0 aromatic carbocycles. The Labute approximate surface area is 108 Å². The van der Waals surface area contributed by atoms with E-state index in [-0.39, 0.29) is 6.04 Å². The summed E-state index contributed by atoms with van der Waals surface area (Å²) in [4.78, 5) is 19.9. The van der Waals surface area contributed by atoms with Gasteiger partial charge in [0.25, 0.3) is 0 Å². The fourth-order valence-electron chi connectivity index (χ4n) is 1.78. The van der Waals surface area contributed by atoms with Crippen molar-refractivity contribution in [3.8, 4) is 0 Å². The molecule has 0 bridgehead atoms. The largest absolute Gasteiger partial charge is 0.359 e. The van der Waals surface area contributed by atoms with Crippen LogP contribution in [0.3, 0.4) is 0 Å². The van der Waals surface area contributed by atoms with E-state index in [9.17, 15) is 0 Å². The Morgan fingerprint density at radius 2 is 2.28 bits per heavy atom. The summed E-state index contributed by atoms with van der Waals surface area (Å²) in [6.07, 6.45) is 5.89. The van der Waals surface area contributed by atoms with Crippen molar-refractivity contribution in [3.63, 3.8) is 0 Å². The number of aromatic amines is 1. The first kappa shape index (κ1) is 11.1. The monoisotopic (exact) mass is 260 g/mol. The van der Waals surface area contributed by atoms with Gasteiger partial charge in [-0.1, -0.05) is 6.92 Å². The molecule has 0 radical (unpaired) electrons. The van der Waals surface area contributed by atoms with Crippen molar-refractivity contribution in [2.24, 2.45) is 0 Å². The molecule has 3 heterocycles. The minimum atomic E-state index is 0.159. The SMILES string of the molecule is CCC(Nc1ncnc2nc[nH]c12)c1nccs1. The number of nitrogens with zero attached hydrogens (tertiary/aromatic N) is 4. The van der Waals surface area contributed by atoms with Crippen molar-refractivity contribution in [2.75, 3.05) is 5.32 Å². The molecule has 0 aliphatic heterocycles. The summed E-state index contributed by atoms with van der Waals surface area (Å²) in [7, 11) is 0. The molecular formula is C11H12N6S. The number of rotatable bonds is 4. The molecule has 92 valence electrons. The van der Waals surface area contributed by atoms with Gasteiger partial charge in [0.2, 0.25) is 0 Å². The van der Waals surface area contributed by atoms with E-state index in [0.29, 0.717) is 5.65 Å². The Balaban J connectivity index is 1.93. The number of anilines is 1. The molecule has 3 aromatic rings. The van der Waals surface area contributed by atoms with Crippen molar-refractivity contribution in [2.45, 2.75) is 19.4 Å². The van der Waals surface area contributed by atoms with Gasteiger partial charge in [-0.2, -0.15) is 0 Å². The molecule has 0 fully saturated rings. The molecule has 6 nitrogen and oxygen atoms in total. The van der Waals surface area contributed by atoms with Crippen LogP contribution in [0.25, 0.3) is 11.2 Å². The van der Waals surface area contributed by atoms with Crippen LogP contribution in [0, 0.1) is 0 Å². The summed E-state index contributed by atoms with van der Waals surface area (Å²) in [6.45, 7) is 2.12. The third-order valence-electron chi connectivity index (χ3n) is 2.69. The third-order valence-corrected chi connectivity index (χ3v) is 3.58. The van der Waals surface area contributed by atoms with Gasteiger partial charge in [0.15, 0.2) is 11.5 Å². The molecule has 3 aromatic heterocycles. The van der Waals surface area contributed by atoms with E-state index in [1.54, 1.807) is 17.7 Å². The molecule has 2 N–H and O–H groups in total. The summed E-state index contributed by atoms with van der Waals surface area (Å²) < 4.78 is 0. The van der Waals surface area contributed by atoms with Gasteiger partial charge < -0.3 is 10.3 Å². The zero-order chi connectivity index (χ0) is 12.4. The highest BCUT2D eigenvalue weighted by Gasteiger charge is 2.14. The minimum Gasteiger partial charge on any atom is -0.359 e. The number of nitrogens with one attached hydrogen (secondary N) is 2. The molecular weight excluding hydrogens is 248 g/mol. The second kappa shape index (κ2) is 4.69. The van der Waals surface area contributed by atoms with Crippen LogP contribution in [-0.2, 0) is 0 Å². The zero-order valence-corrected chi connectivity index (χ0v) is 10.6. The maximum absolute atomic E-state index is 4.34. The number of hydrogen-bond donors (Lipinski definition) is 2. The van der Waals surface area contributed by atoms with Crippen LogP contribution in [0.2, 0.25) is 0 Å². The Morgan fingerprint density at radius 3 is 3.06 bits per heavy atom. The second-order valence-electron chi connectivity index (χ2n) is 3.80. The number of fused-ring (bicyclic) bond motifs is 1. The lowest BCUT2D eigenvalue weighted by Crippen LogP contribution is -2.11. The van der Waals surface area contributed by atoms with Crippen LogP contribution in [0.4, 0.5) is 5.82 Å². The average molecular weight is 260 g/mol. The zero-order valence-electron chi connectivity index (χ0n) is 9.79. The van der Waals surface area contributed by atoms with Gasteiger partial charge in [0.1, 0.15) is 16.9 Å². The fraction of sp³-hybridized carbons (Fsp3) is 0.273. The highest BCUT2D eigenvalue weighted by Crippen LogP contribution is 2.25. The molecule has 0 aliphatic carbocycles. The van der Waals surface area contributed by atoms with Gasteiger partial charge in [-0.25, -0.2) is 19.9 Å². The van der Waals surface area contributed by atoms with Crippen molar-refractivity contribution < 1.29 is 0 Å². The van der Waals surface area contributed by atoms with Crippen LogP contribution in [0.15, 0.2) is 24.2 Å². The summed E-state index contributed by atoms with van der Waals surface area (Å²) in [6, 6.07) is 0.159. The molecule has 1 unspecified atom stereocenters. The molecule has 7 heteroatoms. The predicted molar refractivity (Wildman–Crippen MR) is 70.5 cm³/mol. The Kier molecular flexibility index (Phi) is 2.89. The number of imidazole rings is 1. The van der Waals surface area contributed by atoms with Crippen LogP contribution in [0.5, 0.6) is 0 Å². The van der Waals surface area contributed by atoms with E-state index in [2.05, 4.69) is 37.2 Å². The lowest BCUT2D eigenvalue weighted by atomic mass is 10.2. The molecule has 0 amide bonds. The van der Waals surface area contributed by atoms with Crippen molar-refractivity contribution >= 4 is 28.3 Å². The molecule has 0 spiro atoms. The summed E-state index contributed by atoms with van der Waals surface area (Å²) in [5.41, 5.74) is 1.49. The van der Waals surface area contributed by atoms with Crippen LogP contribution in [-0.4, -0.2) is 24.9 Å². The van der Waals surface area contributed by atoms with E-state index in [1.165, 1.54) is 6.33 Å². The highest BCUT2D eigenvalue weighted by atomic mass is 32.1. The third kappa shape index (κ3) is 1.92. The molecule has 0 saturated heterocycles. The maximum Gasteiger partial charge on any atom is 0.182 e. The topological polar surface area (TPSA) is 79.4 Å². The van der Waals surface area contributed by atoms with Crippen LogP contribution >= 0.6 is 11.3 Å². The standard InChI is InChI=1S/C11H12N6S/c1-2-7(11-12-3-4-18-11)17-10-8-9(14-5-13-8)15-6-16-10/h3-7H,2H2,1H3,(H2,13,14,15,16,17). The van der Waals surface area contributed by atoms with Crippen LogP contribution < -0.4 is 5.32 Å². The van der Waals surface area contributed by atoms with Crippen molar-refractivity contribution in [1.82, 2.24) is 24.9 Å². The van der Waals surface area contributed by atoms with E-state index < -0.39 is 0 Å². The first-order valence-corrected chi connectivity index (χ1v) is 6.56. The van der Waals surface area contributed by atoms with E-state index in [4.69, 9.17) is 0 Å². The number of thiazole rings is 1. The first-order valence-electron chi connectivity index (χ1n) is 5.68. The second-order valence-corrected chi connectivity index (χ2v) is 4.73. The lowest BCUT2D eigenvalue weighted by Gasteiger charge is -2.14. The maximum atomic E-state index is 4.34. The van der Waals surface area contributed by atoms with Crippen molar-refractivity contribution in [1.29, 1.82) is 0 Å². The van der Waals surface area contributed by atoms with Gasteiger partial charge >= 0.3 is 0 Å². The van der Waals surface area contributed by atoms with Gasteiger partial charge in [-0.15, -0.1) is 11.3 Å². The first-order chi connectivity index (χ1) is 8.88. The van der Waals surface area contributed by atoms with Crippen molar-refractivity contribution in [3.05, 3.63) is 29.2 Å². The van der Waals surface area contributed by atoms with E-state index in [0.717, 1.165) is 22.8 Å². The minimum absolute atomic E-state index is 0.159. The quantitative estimate of drug-likeness (QED) is 0.753. The Bertz CT molecular complexity index is 632. The lowest BCUT2D eigenvalue weighted by molar-refractivity contribution is 0.738. The summed E-state index contributed by atoms with van der Waals surface area (Å²) in [5, 5.41) is 6.42. The smallest absolute Gasteiger partial charge is 0.182 e. The van der Waals surface area contributed by atoms with Gasteiger partial charge in [0, 0.05) is 11.6 Å². The molecule has 0 aliphatic rings. The normalized spacial score (nSPS) is 12.7. The van der Waals surface area contributed by atoms with E-state index in [1.807, 2.05) is 11.6 Å². The molecule has 1 atom stereocenters. The van der Waals surface area contributed by atoms with Gasteiger partial charge in [-0.3, -0.25) is 0 Å². The Hall–Kier alpha value is -2.02. The fourth-order valence-corrected chi connectivity index (χ4v) is 2.56. The summed E-state index contributed by atoms with van der Waals surface area (Å²) >= 11 is 1.64. The number of H-pyrrole nitrogens is 1. The van der Waals surface area contributed by atoms with Gasteiger partial charge in [-0.05, 0) is 6.42 Å². The van der Waals surface area contributed by atoms with E-state index >= 15 is 0 Å². The van der Waals surface area contributed by atoms with Crippen LogP contribution in [0.1, 0.15) is 24.4 Å². The molecule has 3 rings (SSSR count). The van der Waals surface area contributed by atoms with Gasteiger partial charge in [0.05, 0.1) is 12.4 Å². The molecule has 18 heavy (non-hydrogen) atoms. The number of aromatic nitrogens is 5. The average Bonchev–Trinajstić information content (AvgIpc) is 3.06. The molecule has 0 saturated carbocycles. The Morgan fingerprint density at radius 1 is 1.33 bits per heavy atom.